The fourth-order valence-electron chi connectivity index (χ4n) is 3.45. The molecule has 0 radical (unpaired) electrons. The first-order chi connectivity index (χ1) is 14.9. The number of nitrogens with zero attached hydrogens (tertiary/aromatic N) is 3. The SMILES string of the molecule is CNc1cc(CC(F)(F)F)nc(Nc2ccc(OC)c(OCCCN3CCCC3)c2)n1. The van der Waals surface area contributed by atoms with Crippen LogP contribution in [-0.2, 0) is 6.42 Å². The molecular formula is C21H28F3N5O2. The Balaban J connectivity index is 1.68. The van der Waals surface area contributed by atoms with E-state index in [0.717, 1.165) is 26.1 Å². The molecule has 0 unspecified atom stereocenters. The average Bonchev–Trinajstić information content (AvgIpc) is 3.23. The van der Waals surface area contributed by atoms with E-state index < -0.39 is 12.6 Å². The fraction of sp³-hybridized carbons (Fsp3) is 0.524. The highest BCUT2D eigenvalue weighted by atomic mass is 19.4. The second kappa shape index (κ2) is 10.5. The van der Waals surface area contributed by atoms with Crippen molar-refractivity contribution < 1.29 is 22.6 Å². The highest BCUT2D eigenvalue weighted by Crippen LogP contribution is 2.31. The van der Waals surface area contributed by atoms with Crippen molar-refractivity contribution in [1.29, 1.82) is 0 Å². The van der Waals surface area contributed by atoms with Gasteiger partial charge in [-0.3, -0.25) is 0 Å². The number of methoxy groups -OCH3 is 1. The summed E-state index contributed by atoms with van der Waals surface area (Å²) in [5.41, 5.74) is 0.461. The Morgan fingerprint density at radius 2 is 1.87 bits per heavy atom. The molecular weight excluding hydrogens is 411 g/mol. The minimum absolute atomic E-state index is 0.0660. The highest BCUT2D eigenvalue weighted by Gasteiger charge is 2.29. The third-order valence-corrected chi connectivity index (χ3v) is 4.91. The Labute approximate surface area is 180 Å². The zero-order valence-electron chi connectivity index (χ0n) is 17.8. The Morgan fingerprint density at radius 1 is 1.10 bits per heavy atom. The Bertz CT molecular complexity index is 857. The summed E-state index contributed by atoms with van der Waals surface area (Å²) in [5, 5.41) is 5.72. The maximum atomic E-state index is 12.8. The molecule has 1 aromatic carbocycles. The average molecular weight is 439 g/mol. The summed E-state index contributed by atoms with van der Waals surface area (Å²) < 4.78 is 49.6. The first-order valence-electron chi connectivity index (χ1n) is 10.3. The van der Waals surface area contributed by atoms with Gasteiger partial charge in [-0.25, -0.2) is 4.98 Å². The number of alkyl halides is 3. The van der Waals surface area contributed by atoms with Crippen LogP contribution in [0.1, 0.15) is 25.0 Å². The van der Waals surface area contributed by atoms with Gasteiger partial charge in [0, 0.05) is 31.4 Å². The van der Waals surface area contributed by atoms with Crippen molar-refractivity contribution in [2.75, 3.05) is 51.0 Å². The van der Waals surface area contributed by atoms with Crippen LogP contribution in [0.15, 0.2) is 24.3 Å². The molecule has 0 spiro atoms. The summed E-state index contributed by atoms with van der Waals surface area (Å²) >= 11 is 0. The minimum atomic E-state index is -4.35. The van der Waals surface area contributed by atoms with Gasteiger partial charge in [-0.15, -0.1) is 0 Å². The van der Waals surface area contributed by atoms with Gasteiger partial charge in [-0.05, 0) is 44.5 Å². The van der Waals surface area contributed by atoms with E-state index in [1.165, 1.54) is 18.9 Å². The molecule has 0 aliphatic carbocycles. The molecule has 1 fully saturated rings. The molecule has 7 nitrogen and oxygen atoms in total. The fourth-order valence-corrected chi connectivity index (χ4v) is 3.45. The van der Waals surface area contributed by atoms with Crippen LogP contribution < -0.4 is 20.1 Å². The van der Waals surface area contributed by atoms with Crippen molar-refractivity contribution in [3.8, 4) is 11.5 Å². The maximum Gasteiger partial charge on any atom is 0.394 e. The van der Waals surface area contributed by atoms with E-state index in [1.807, 2.05) is 0 Å². The Kier molecular flexibility index (Phi) is 7.78. The molecule has 1 saturated heterocycles. The number of nitrogens with one attached hydrogen (secondary N) is 2. The smallest absolute Gasteiger partial charge is 0.394 e. The molecule has 0 saturated carbocycles. The van der Waals surface area contributed by atoms with Crippen molar-refractivity contribution >= 4 is 17.5 Å². The number of halogens is 3. The summed E-state index contributed by atoms with van der Waals surface area (Å²) in [6.07, 6.45) is -2.08. The van der Waals surface area contributed by atoms with E-state index in [9.17, 15) is 13.2 Å². The number of rotatable bonds is 10. The molecule has 0 amide bonds. The molecule has 0 bridgehead atoms. The molecule has 170 valence electrons. The molecule has 2 heterocycles. The molecule has 2 aromatic rings. The predicted octanol–water partition coefficient (Wildman–Crippen LogP) is 4.24. The largest absolute Gasteiger partial charge is 0.493 e. The van der Waals surface area contributed by atoms with E-state index >= 15 is 0 Å². The first-order valence-corrected chi connectivity index (χ1v) is 10.3. The summed E-state index contributed by atoms with van der Waals surface area (Å²) in [7, 11) is 3.15. The van der Waals surface area contributed by atoms with Gasteiger partial charge < -0.3 is 25.0 Å². The van der Waals surface area contributed by atoms with Gasteiger partial charge in [0.2, 0.25) is 5.95 Å². The molecule has 31 heavy (non-hydrogen) atoms. The van der Waals surface area contributed by atoms with Crippen LogP contribution >= 0.6 is 0 Å². The van der Waals surface area contributed by atoms with E-state index in [1.54, 1.807) is 32.4 Å². The van der Waals surface area contributed by atoms with E-state index in [4.69, 9.17) is 9.47 Å². The molecule has 1 aliphatic heterocycles. The number of hydrogen-bond acceptors (Lipinski definition) is 7. The third kappa shape index (κ3) is 7.16. The Hall–Kier alpha value is -2.75. The maximum absolute atomic E-state index is 12.8. The second-order valence-corrected chi connectivity index (χ2v) is 7.35. The van der Waals surface area contributed by atoms with Gasteiger partial charge in [0.15, 0.2) is 11.5 Å². The van der Waals surface area contributed by atoms with Crippen LogP contribution in [0, 0.1) is 0 Å². The molecule has 2 N–H and O–H groups in total. The van der Waals surface area contributed by atoms with Crippen molar-refractivity contribution in [2.24, 2.45) is 0 Å². The van der Waals surface area contributed by atoms with E-state index in [0.29, 0.717) is 29.6 Å². The van der Waals surface area contributed by atoms with Crippen LogP contribution in [0.25, 0.3) is 0 Å². The summed E-state index contributed by atoms with van der Waals surface area (Å²) in [5.74, 6) is 1.49. The second-order valence-electron chi connectivity index (χ2n) is 7.35. The lowest BCUT2D eigenvalue weighted by molar-refractivity contribution is -0.127. The van der Waals surface area contributed by atoms with Crippen LogP contribution in [0.3, 0.4) is 0 Å². The van der Waals surface area contributed by atoms with Crippen molar-refractivity contribution in [3.63, 3.8) is 0 Å². The van der Waals surface area contributed by atoms with Gasteiger partial charge in [0.1, 0.15) is 5.82 Å². The third-order valence-electron chi connectivity index (χ3n) is 4.91. The van der Waals surface area contributed by atoms with Crippen molar-refractivity contribution in [1.82, 2.24) is 14.9 Å². The van der Waals surface area contributed by atoms with Gasteiger partial charge in [0.25, 0.3) is 0 Å². The van der Waals surface area contributed by atoms with E-state index in [2.05, 4.69) is 25.5 Å². The summed E-state index contributed by atoms with van der Waals surface area (Å²) in [6, 6.07) is 6.47. The Morgan fingerprint density at radius 3 is 2.55 bits per heavy atom. The lowest BCUT2D eigenvalue weighted by Crippen LogP contribution is -2.21. The van der Waals surface area contributed by atoms with Gasteiger partial charge >= 0.3 is 6.18 Å². The predicted molar refractivity (Wildman–Crippen MR) is 113 cm³/mol. The van der Waals surface area contributed by atoms with Gasteiger partial charge in [-0.2, -0.15) is 18.2 Å². The van der Waals surface area contributed by atoms with Crippen LogP contribution in [0.4, 0.5) is 30.6 Å². The topological polar surface area (TPSA) is 71.5 Å². The lowest BCUT2D eigenvalue weighted by Gasteiger charge is -2.16. The van der Waals surface area contributed by atoms with Gasteiger partial charge in [-0.1, -0.05) is 0 Å². The lowest BCUT2D eigenvalue weighted by atomic mass is 10.2. The first kappa shape index (κ1) is 22.9. The van der Waals surface area contributed by atoms with Crippen LogP contribution in [0.5, 0.6) is 11.5 Å². The zero-order valence-corrected chi connectivity index (χ0v) is 17.8. The van der Waals surface area contributed by atoms with Crippen LogP contribution in [0.2, 0.25) is 0 Å². The number of ether oxygens (including phenoxy) is 2. The van der Waals surface area contributed by atoms with E-state index in [-0.39, 0.29) is 11.6 Å². The monoisotopic (exact) mass is 439 g/mol. The highest BCUT2D eigenvalue weighted by molar-refractivity contribution is 5.60. The normalized spacial score (nSPS) is 14.5. The molecule has 1 aliphatic rings. The summed E-state index contributed by atoms with van der Waals surface area (Å²) in [4.78, 5) is 10.6. The standard InChI is InChI=1S/C21H28F3N5O2/c1-25-19-13-16(14-21(22,23)24)27-20(28-19)26-15-6-7-17(30-2)18(12-15)31-11-5-10-29-8-3-4-9-29/h6-7,12-13H,3-5,8-11,14H2,1-2H3,(H2,25,26,27,28). The minimum Gasteiger partial charge on any atom is -0.493 e. The number of anilines is 3. The quantitative estimate of drug-likeness (QED) is 0.537. The van der Waals surface area contributed by atoms with Gasteiger partial charge in [0.05, 0.1) is 25.8 Å². The number of aromatic nitrogens is 2. The number of likely N-dealkylation sites (tertiary alicyclic amines) is 1. The molecule has 10 heteroatoms. The van der Waals surface area contributed by atoms with Crippen LogP contribution in [-0.4, -0.2) is 61.4 Å². The number of benzene rings is 1. The van der Waals surface area contributed by atoms with Crippen molar-refractivity contribution in [3.05, 3.63) is 30.0 Å². The molecule has 1 aromatic heterocycles. The number of hydrogen-bond donors (Lipinski definition) is 2. The van der Waals surface area contributed by atoms with Crippen molar-refractivity contribution in [2.45, 2.75) is 31.9 Å². The zero-order chi connectivity index (χ0) is 22.3. The molecule has 0 atom stereocenters. The molecule has 3 rings (SSSR count). The summed E-state index contributed by atoms with van der Waals surface area (Å²) in [6.45, 7) is 3.82.